The van der Waals surface area contributed by atoms with Crippen LogP contribution in [-0.4, -0.2) is 24.0 Å². The Morgan fingerprint density at radius 3 is 2.53 bits per heavy atom. The molecule has 0 unspecified atom stereocenters. The number of rotatable bonds is 3. The van der Waals surface area contributed by atoms with Crippen molar-refractivity contribution in [3.63, 3.8) is 0 Å². The van der Waals surface area contributed by atoms with Crippen molar-refractivity contribution in [2.75, 3.05) is 18.8 Å². The molecule has 2 nitrogen and oxygen atoms in total. The number of anilines is 1. The van der Waals surface area contributed by atoms with Crippen LogP contribution in [0.3, 0.4) is 0 Å². The fourth-order valence-corrected chi connectivity index (χ4v) is 2.86. The smallest absolute Gasteiger partial charge is 0.0314 e. The summed E-state index contributed by atoms with van der Waals surface area (Å²) in [6, 6.07) is 9.22. The third-order valence-electron chi connectivity index (χ3n) is 3.89. The number of nitrogens with two attached hydrogens (primary N) is 1. The summed E-state index contributed by atoms with van der Waals surface area (Å²) in [5, 5.41) is 0. The molecule has 0 aromatic heterocycles. The molecule has 0 amide bonds. The molecule has 2 heterocycles. The van der Waals surface area contributed by atoms with Crippen molar-refractivity contribution in [3.8, 4) is 0 Å². The summed E-state index contributed by atoms with van der Waals surface area (Å²) in [5.74, 6) is 1.03. The van der Waals surface area contributed by atoms with Gasteiger partial charge >= 0.3 is 0 Å². The van der Waals surface area contributed by atoms with Gasteiger partial charge in [-0.1, -0.05) is 12.1 Å². The van der Waals surface area contributed by atoms with Crippen molar-refractivity contribution in [2.45, 2.75) is 25.3 Å². The molecule has 0 atom stereocenters. The molecule has 1 aromatic carbocycles. The zero-order valence-electron chi connectivity index (χ0n) is 9.02. The Hall–Kier alpha value is -1.02. The lowest BCUT2D eigenvalue weighted by atomic mass is 9.86. The Morgan fingerprint density at radius 1 is 1.20 bits per heavy atom. The first-order chi connectivity index (χ1) is 7.31. The summed E-state index contributed by atoms with van der Waals surface area (Å²) in [4.78, 5) is 2.65. The first-order valence-corrected chi connectivity index (χ1v) is 5.90. The SMILES string of the molecule is Nc1ccc(CCN2CC3CC2C3)cc1. The monoisotopic (exact) mass is 202 g/mol. The molecule has 3 aliphatic rings. The van der Waals surface area contributed by atoms with E-state index >= 15 is 0 Å². The number of nitrogen functional groups attached to an aromatic ring is 1. The third-order valence-corrected chi connectivity index (χ3v) is 3.89. The van der Waals surface area contributed by atoms with E-state index in [4.69, 9.17) is 5.73 Å². The highest BCUT2D eigenvalue weighted by atomic mass is 15.2. The van der Waals surface area contributed by atoms with Crippen LogP contribution in [0, 0.1) is 5.92 Å². The quantitative estimate of drug-likeness (QED) is 0.759. The Balaban J connectivity index is 1.55. The van der Waals surface area contributed by atoms with E-state index in [0.29, 0.717) is 0 Å². The van der Waals surface area contributed by atoms with Crippen LogP contribution >= 0.6 is 0 Å². The van der Waals surface area contributed by atoms with E-state index in [1.165, 1.54) is 37.9 Å². The van der Waals surface area contributed by atoms with Crippen LogP contribution < -0.4 is 5.73 Å². The standard InChI is InChI=1S/C13H18N2/c14-12-3-1-10(2-4-12)5-6-15-9-11-7-13(15)8-11/h1-4,11,13H,5-9,14H2. The number of benzene rings is 1. The molecule has 2 heteroatoms. The highest BCUT2D eigenvalue weighted by Gasteiger charge is 2.41. The Kier molecular flexibility index (Phi) is 2.17. The second kappa shape index (κ2) is 3.53. The Labute approximate surface area is 91.1 Å². The molecule has 3 fully saturated rings. The zero-order valence-corrected chi connectivity index (χ0v) is 9.02. The Morgan fingerprint density at radius 2 is 1.93 bits per heavy atom. The van der Waals surface area contributed by atoms with Crippen LogP contribution in [0.4, 0.5) is 5.69 Å². The minimum Gasteiger partial charge on any atom is -0.399 e. The van der Waals surface area contributed by atoms with E-state index in [9.17, 15) is 0 Å². The second-order valence-electron chi connectivity index (χ2n) is 4.98. The predicted octanol–water partition coefficient (Wildman–Crippen LogP) is 1.91. The van der Waals surface area contributed by atoms with Gasteiger partial charge in [-0.05, 0) is 42.9 Å². The van der Waals surface area contributed by atoms with Crippen molar-refractivity contribution in [1.29, 1.82) is 0 Å². The molecule has 0 spiro atoms. The van der Waals surface area contributed by atoms with Crippen LogP contribution in [0.15, 0.2) is 24.3 Å². The zero-order chi connectivity index (χ0) is 10.3. The predicted molar refractivity (Wildman–Crippen MR) is 62.6 cm³/mol. The number of nitrogens with zero attached hydrogens (tertiary/aromatic N) is 1. The van der Waals surface area contributed by atoms with Gasteiger partial charge in [0.05, 0.1) is 0 Å². The summed E-state index contributed by atoms with van der Waals surface area (Å²) in [6.07, 6.45) is 4.09. The van der Waals surface area contributed by atoms with Crippen LogP contribution in [0.1, 0.15) is 18.4 Å². The van der Waals surface area contributed by atoms with Gasteiger partial charge in [-0.2, -0.15) is 0 Å². The van der Waals surface area contributed by atoms with Crippen molar-refractivity contribution >= 4 is 5.69 Å². The van der Waals surface area contributed by atoms with Crippen molar-refractivity contribution in [1.82, 2.24) is 4.90 Å². The van der Waals surface area contributed by atoms with Gasteiger partial charge in [-0.3, -0.25) is 4.90 Å². The highest BCUT2D eigenvalue weighted by Crippen LogP contribution is 2.40. The highest BCUT2D eigenvalue weighted by molar-refractivity contribution is 5.39. The first kappa shape index (κ1) is 9.22. The molecule has 80 valence electrons. The van der Waals surface area contributed by atoms with Crippen LogP contribution in [0.2, 0.25) is 0 Å². The lowest BCUT2D eigenvalue weighted by Gasteiger charge is -2.25. The summed E-state index contributed by atoms with van der Waals surface area (Å²) in [7, 11) is 0. The van der Waals surface area contributed by atoms with Gasteiger partial charge < -0.3 is 5.73 Å². The normalized spacial score (nSPS) is 29.1. The second-order valence-corrected chi connectivity index (χ2v) is 4.98. The van der Waals surface area contributed by atoms with E-state index in [1.54, 1.807) is 0 Å². The Bertz CT molecular complexity index is 338. The van der Waals surface area contributed by atoms with Gasteiger partial charge in [0.15, 0.2) is 0 Å². The summed E-state index contributed by atoms with van der Waals surface area (Å²) < 4.78 is 0. The van der Waals surface area contributed by atoms with Gasteiger partial charge in [0, 0.05) is 24.8 Å². The maximum absolute atomic E-state index is 5.66. The van der Waals surface area contributed by atoms with E-state index in [0.717, 1.165) is 17.6 Å². The van der Waals surface area contributed by atoms with Gasteiger partial charge in [0.1, 0.15) is 0 Å². The minimum atomic E-state index is 0.863. The van der Waals surface area contributed by atoms with Crippen LogP contribution in [-0.2, 0) is 6.42 Å². The summed E-state index contributed by atoms with van der Waals surface area (Å²) >= 11 is 0. The lowest BCUT2D eigenvalue weighted by Crippen LogP contribution is -2.30. The average molecular weight is 202 g/mol. The summed E-state index contributed by atoms with van der Waals surface area (Å²) in [6.45, 7) is 2.57. The molecule has 2 N–H and O–H groups in total. The number of hydrogen-bond acceptors (Lipinski definition) is 2. The molecule has 1 aliphatic carbocycles. The van der Waals surface area contributed by atoms with E-state index in [2.05, 4.69) is 17.0 Å². The molecule has 2 bridgehead atoms. The van der Waals surface area contributed by atoms with Crippen LogP contribution in [0.25, 0.3) is 0 Å². The van der Waals surface area contributed by atoms with E-state index in [-0.39, 0.29) is 0 Å². The van der Waals surface area contributed by atoms with Crippen LogP contribution in [0.5, 0.6) is 0 Å². The first-order valence-electron chi connectivity index (χ1n) is 5.90. The topological polar surface area (TPSA) is 29.3 Å². The molecular formula is C13H18N2. The molecule has 0 radical (unpaired) electrons. The maximum atomic E-state index is 5.66. The van der Waals surface area contributed by atoms with E-state index in [1.807, 2.05) is 12.1 Å². The molecule has 1 saturated carbocycles. The molecule has 1 aromatic rings. The largest absolute Gasteiger partial charge is 0.399 e. The molecule has 2 saturated heterocycles. The van der Waals surface area contributed by atoms with Gasteiger partial charge in [0.25, 0.3) is 0 Å². The molecular weight excluding hydrogens is 184 g/mol. The third kappa shape index (κ3) is 1.74. The molecule has 2 aliphatic heterocycles. The van der Waals surface area contributed by atoms with Crippen molar-refractivity contribution in [2.24, 2.45) is 5.92 Å². The molecule has 15 heavy (non-hydrogen) atoms. The molecule has 4 rings (SSSR count). The average Bonchev–Trinajstić information content (AvgIpc) is 2.74. The minimum absolute atomic E-state index is 0.863. The summed E-state index contributed by atoms with van der Waals surface area (Å²) in [5.41, 5.74) is 7.94. The number of fused-ring (bicyclic) bond motifs is 1. The fourth-order valence-electron chi connectivity index (χ4n) is 2.86. The maximum Gasteiger partial charge on any atom is 0.0314 e. The van der Waals surface area contributed by atoms with Gasteiger partial charge in [-0.15, -0.1) is 0 Å². The van der Waals surface area contributed by atoms with Gasteiger partial charge in [0.2, 0.25) is 0 Å². The number of hydrogen-bond donors (Lipinski definition) is 1. The van der Waals surface area contributed by atoms with Crippen molar-refractivity contribution in [3.05, 3.63) is 29.8 Å². The fraction of sp³-hybridized carbons (Fsp3) is 0.538. The van der Waals surface area contributed by atoms with Crippen molar-refractivity contribution < 1.29 is 0 Å². The lowest BCUT2D eigenvalue weighted by molar-refractivity contribution is 0.249. The van der Waals surface area contributed by atoms with Gasteiger partial charge in [-0.25, -0.2) is 0 Å². The van der Waals surface area contributed by atoms with E-state index < -0.39 is 0 Å².